The van der Waals surface area contributed by atoms with Crippen molar-refractivity contribution < 1.29 is 24.2 Å². The molecule has 3 heterocycles. The maximum atomic E-state index is 12.8. The molecule has 3 rings (SSSR count). The zero-order valence-corrected chi connectivity index (χ0v) is 17.2. The number of amides is 2. The Hall–Kier alpha value is -1.36. The van der Waals surface area contributed by atoms with Gasteiger partial charge in [0.25, 0.3) is 11.6 Å². The zero-order valence-electron chi connectivity index (χ0n) is 14.0. The van der Waals surface area contributed by atoms with Crippen LogP contribution < -0.4 is 5.32 Å². The molecule has 10 heteroatoms. The number of carboxylic acid groups (broad SMARTS) is 1. The summed E-state index contributed by atoms with van der Waals surface area (Å²) in [5.41, 5.74) is -0.966. The lowest BCUT2D eigenvalue weighted by Crippen LogP contribution is -2.83. The number of hydrogen-bond donors (Lipinski definition) is 2. The van der Waals surface area contributed by atoms with Crippen molar-refractivity contribution in [2.75, 3.05) is 7.11 Å². The number of thiophene rings is 1. The average Bonchev–Trinajstić information content (AvgIpc) is 3.10. The second-order valence-electron chi connectivity index (χ2n) is 5.92. The van der Waals surface area contributed by atoms with Gasteiger partial charge in [-0.15, -0.1) is 23.1 Å². The Bertz CT molecular complexity index is 767. The first-order valence-corrected chi connectivity index (χ1v) is 10.5. The van der Waals surface area contributed by atoms with Gasteiger partial charge in [-0.05, 0) is 29.4 Å². The van der Waals surface area contributed by atoms with Gasteiger partial charge in [0.05, 0.1) is 6.42 Å². The molecule has 7 nitrogen and oxygen atoms in total. The van der Waals surface area contributed by atoms with Crippen LogP contribution >= 0.6 is 39.0 Å². The molecule has 0 saturated carbocycles. The molecule has 0 bridgehead atoms. The highest BCUT2D eigenvalue weighted by atomic mass is 79.9. The minimum Gasteiger partial charge on any atom is -0.479 e. The van der Waals surface area contributed by atoms with Gasteiger partial charge in [0, 0.05) is 16.8 Å². The van der Waals surface area contributed by atoms with Crippen LogP contribution in [0.25, 0.3) is 0 Å². The van der Waals surface area contributed by atoms with E-state index in [-0.39, 0.29) is 17.2 Å². The molecule has 0 spiro atoms. The van der Waals surface area contributed by atoms with Crippen molar-refractivity contribution in [2.24, 2.45) is 0 Å². The van der Waals surface area contributed by atoms with E-state index < -0.39 is 29.0 Å². The molecule has 2 aliphatic rings. The predicted octanol–water partition coefficient (Wildman–Crippen LogP) is 1.79. The summed E-state index contributed by atoms with van der Waals surface area (Å²) in [5.74, 6) is -2.02. The Kier molecular flexibility index (Phi) is 5.48. The van der Waals surface area contributed by atoms with Gasteiger partial charge in [-0.25, -0.2) is 4.79 Å². The van der Waals surface area contributed by atoms with E-state index in [1.165, 1.54) is 35.1 Å². The van der Waals surface area contributed by atoms with E-state index in [9.17, 15) is 19.5 Å². The lowest BCUT2D eigenvalue weighted by Gasteiger charge is -2.57. The number of β-lactam (4-membered cyclic amide) rings is 1. The SMILES string of the molecule is COC1(NC(=O)Cc2cccs2)C(=O)N2C(C(=O)O)C(C(C)Br)=CS[C@@H]21. The van der Waals surface area contributed by atoms with Gasteiger partial charge < -0.3 is 20.1 Å². The van der Waals surface area contributed by atoms with E-state index >= 15 is 0 Å². The lowest BCUT2D eigenvalue weighted by atomic mass is 9.93. The summed E-state index contributed by atoms with van der Waals surface area (Å²) >= 11 is 6.09. The molecule has 1 fully saturated rings. The molecular weight excluding hydrogens is 444 g/mol. The average molecular weight is 461 g/mol. The number of ether oxygens (including phenoxy) is 1. The zero-order chi connectivity index (χ0) is 19.1. The standard InChI is InChI=1S/C16H17BrN2O5S2/c1-8(17)10-7-26-15-16(24-2,14(23)19(15)12(10)13(21)22)18-11(20)6-9-4-3-5-25-9/h3-5,7-8,12,15H,6H2,1-2H3,(H,18,20)(H,21,22)/t8?,12?,15-,16?/m1/s1. The summed E-state index contributed by atoms with van der Waals surface area (Å²) in [4.78, 5) is 38.9. The van der Waals surface area contributed by atoms with E-state index in [1.54, 1.807) is 12.3 Å². The monoisotopic (exact) mass is 460 g/mol. The molecule has 140 valence electrons. The lowest BCUT2D eigenvalue weighted by molar-refractivity contribution is -0.201. The number of methoxy groups -OCH3 is 1. The van der Waals surface area contributed by atoms with Gasteiger partial charge in [0.1, 0.15) is 5.37 Å². The normalized spacial score (nSPS) is 28.7. The number of fused-ring (bicyclic) bond motifs is 1. The van der Waals surface area contributed by atoms with Crippen molar-refractivity contribution in [1.29, 1.82) is 0 Å². The minimum absolute atomic E-state index is 0.134. The third kappa shape index (κ3) is 3.08. The summed E-state index contributed by atoms with van der Waals surface area (Å²) in [5, 5.41) is 15.2. The van der Waals surface area contributed by atoms with Crippen molar-refractivity contribution in [3.05, 3.63) is 33.4 Å². The summed E-state index contributed by atoms with van der Waals surface area (Å²) in [7, 11) is 1.34. The molecule has 2 N–H and O–H groups in total. The quantitative estimate of drug-likeness (QED) is 0.381. The van der Waals surface area contributed by atoms with E-state index in [2.05, 4.69) is 21.2 Å². The third-order valence-corrected chi connectivity index (χ3v) is 6.96. The summed E-state index contributed by atoms with van der Waals surface area (Å²) < 4.78 is 5.39. The van der Waals surface area contributed by atoms with Gasteiger partial charge in [-0.3, -0.25) is 9.59 Å². The molecule has 1 aromatic rings. The highest BCUT2D eigenvalue weighted by molar-refractivity contribution is 9.09. The summed E-state index contributed by atoms with van der Waals surface area (Å²) in [6, 6.07) is 2.60. The van der Waals surface area contributed by atoms with Crippen LogP contribution in [0.4, 0.5) is 0 Å². The van der Waals surface area contributed by atoms with Gasteiger partial charge in [-0.2, -0.15) is 0 Å². The Labute approximate surface area is 166 Å². The highest BCUT2D eigenvalue weighted by Gasteiger charge is 2.67. The van der Waals surface area contributed by atoms with Crippen LogP contribution in [0.15, 0.2) is 28.5 Å². The van der Waals surface area contributed by atoms with Gasteiger partial charge in [-0.1, -0.05) is 22.0 Å². The van der Waals surface area contributed by atoms with Crippen LogP contribution in [-0.2, 0) is 25.5 Å². The van der Waals surface area contributed by atoms with Crippen LogP contribution in [-0.4, -0.2) is 56.9 Å². The smallest absolute Gasteiger partial charge is 0.330 e. The number of carbonyl (C=O) groups is 3. The Balaban J connectivity index is 1.83. The van der Waals surface area contributed by atoms with Crippen molar-refractivity contribution in [3.63, 3.8) is 0 Å². The minimum atomic E-state index is -1.55. The Morgan fingerprint density at radius 2 is 2.27 bits per heavy atom. The fourth-order valence-corrected chi connectivity index (χ4v) is 5.74. The predicted molar refractivity (Wildman–Crippen MR) is 102 cm³/mol. The Morgan fingerprint density at radius 1 is 1.54 bits per heavy atom. The van der Waals surface area contributed by atoms with Gasteiger partial charge in [0.15, 0.2) is 6.04 Å². The number of aliphatic carboxylic acids is 1. The first-order valence-electron chi connectivity index (χ1n) is 7.75. The number of nitrogens with zero attached hydrogens (tertiary/aromatic N) is 1. The number of rotatable bonds is 6. The van der Waals surface area contributed by atoms with E-state index in [1.807, 2.05) is 17.5 Å². The molecular formula is C16H17BrN2O5S2. The highest BCUT2D eigenvalue weighted by Crippen LogP contribution is 2.47. The number of carbonyl (C=O) groups excluding carboxylic acids is 2. The number of alkyl halides is 1. The molecule has 2 amide bonds. The molecule has 2 aliphatic heterocycles. The molecule has 3 unspecified atom stereocenters. The second kappa shape index (κ2) is 7.34. The molecule has 4 atom stereocenters. The van der Waals surface area contributed by atoms with E-state index in [0.29, 0.717) is 5.57 Å². The number of carboxylic acids is 1. The Morgan fingerprint density at radius 3 is 2.81 bits per heavy atom. The van der Waals surface area contributed by atoms with Crippen LogP contribution in [0.3, 0.4) is 0 Å². The van der Waals surface area contributed by atoms with Crippen molar-refractivity contribution in [2.45, 2.75) is 35.3 Å². The van der Waals surface area contributed by atoms with Gasteiger partial charge in [0.2, 0.25) is 5.91 Å². The summed E-state index contributed by atoms with van der Waals surface area (Å²) in [6.45, 7) is 1.80. The van der Waals surface area contributed by atoms with Crippen LogP contribution in [0.2, 0.25) is 0 Å². The van der Waals surface area contributed by atoms with Crippen LogP contribution in [0, 0.1) is 0 Å². The van der Waals surface area contributed by atoms with E-state index in [0.717, 1.165) is 4.88 Å². The van der Waals surface area contributed by atoms with Crippen LogP contribution in [0.1, 0.15) is 11.8 Å². The first-order chi connectivity index (χ1) is 12.3. The van der Waals surface area contributed by atoms with Crippen molar-refractivity contribution in [3.8, 4) is 0 Å². The number of nitrogens with one attached hydrogen (secondary N) is 1. The van der Waals surface area contributed by atoms with Crippen molar-refractivity contribution >= 4 is 56.8 Å². The topological polar surface area (TPSA) is 95.9 Å². The molecule has 1 aromatic heterocycles. The van der Waals surface area contributed by atoms with Gasteiger partial charge >= 0.3 is 5.97 Å². The molecule has 1 saturated heterocycles. The van der Waals surface area contributed by atoms with E-state index in [4.69, 9.17) is 4.74 Å². The maximum Gasteiger partial charge on any atom is 0.330 e. The van der Waals surface area contributed by atoms with Crippen molar-refractivity contribution in [1.82, 2.24) is 10.2 Å². The molecule has 26 heavy (non-hydrogen) atoms. The first kappa shape index (κ1) is 19.4. The third-order valence-electron chi connectivity index (χ3n) is 4.33. The second-order valence-corrected chi connectivity index (χ2v) is 9.28. The number of hydrogen-bond acceptors (Lipinski definition) is 6. The fourth-order valence-electron chi connectivity index (χ4n) is 3.07. The summed E-state index contributed by atoms with van der Waals surface area (Å²) in [6.07, 6.45) is 0.134. The maximum absolute atomic E-state index is 12.8. The fraction of sp³-hybridized carbons (Fsp3) is 0.438. The number of thioether (sulfide) groups is 1. The molecule has 0 radical (unpaired) electrons. The van der Waals surface area contributed by atoms with Crippen LogP contribution in [0.5, 0.6) is 0 Å². The molecule has 0 aromatic carbocycles. The largest absolute Gasteiger partial charge is 0.479 e. The number of halogens is 1. The molecule has 0 aliphatic carbocycles.